The maximum atomic E-state index is 3.49. The van der Waals surface area contributed by atoms with Gasteiger partial charge < -0.3 is 10.2 Å². The second-order valence-corrected chi connectivity index (χ2v) is 6.48. The second-order valence-electron chi connectivity index (χ2n) is 6.48. The van der Waals surface area contributed by atoms with Gasteiger partial charge in [-0.25, -0.2) is 0 Å². The molecule has 1 saturated heterocycles. The summed E-state index contributed by atoms with van der Waals surface area (Å²) in [6.07, 6.45) is 17.1. The van der Waals surface area contributed by atoms with Gasteiger partial charge in [0, 0.05) is 0 Å². The highest BCUT2D eigenvalue weighted by Gasteiger charge is 2.06. The van der Waals surface area contributed by atoms with Crippen molar-refractivity contribution in [1.82, 2.24) is 10.2 Å². The number of nitrogens with zero attached hydrogens (tertiary/aromatic N) is 1. The lowest BCUT2D eigenvalue weighted by Crippen LogP contribution is -2.34. The quantitative estimate of drug-likeness (QED) is 0.557. The lowest BCUT2D eigenvalue weighted by molar-refractivity contribution is 0.247. The third kappa shape index (κ3) is 10.7. The van der Waals surface area contributed by atoms with Gasteiger partial charge in [0.2, 0.25) is 0 Å². The molecule has 0 aromatic carbocycles. The zero-order valence-electron chi connectivity index (χ0n) is 14.0. The average molecular weight is 283 g/mol. The van der Waals surface area contributed by atoms with Gasteiger partial charge in [-0.1, -0.05) is 64.7 Å². The molecule has 2 nitrogen and oxygen atoms in total. The van der Waals surface area contributed by atoms with E-state index in [1.165, 1.54) is 110 Å². The smallest absolute Gasteiger partial charge is 0.000663 e. The Balaban J connectivity index is 1.81. The van der Waals surface area contributed by atoms with Gasteiger partial charge in [0.05, 0.1) is 0 Å². The third-order valence-electron chi connectivity index (χ3n) is 4.48. The van der Waals surface area contributed by atoms with E-state index in [-0.39, 0.29) is 0 Å². The van der Waals surface area contributed by atoms with E-state index in [0.717, 1.165) is 0 Å². The molecule has 120 valence electrons. The van der Waals surface area contributed by atoms with Crippen molar-refractivity contribution in [3.8, 4) is 0 Å². The topological polar surface area (TPSA) is 15.3 Å². The number of nitrogens with one attached hydrogen (secondary N) is 1. The Morgan fingerprint density at radius 3 is 1.75 bits per heavy atom. The molecule has 1 aliphatic rings. The van der Waals surface area contributed by atoms with Gasteiger partial charge in [0.1, 0.15) is 0 Å². The molecule has 1 rings (SSSR count). The number of hydrogen-bond acceptors (Lipinski definition) is 2. The van der Waals surface area contributed by atoms with Gasteiger partial charge in [0.25, 0.3) is 0 Å². The van der Waals surface area contributed by atoms with Crippen molar-refractivity contribution >= 4 is 0 Å². The molecule has 1 aliphatic heterocycles. The van der Waals surface area contributed by atoms with Gasteiger partial charge in [0.15, 0.2) is 0 Å². The maximum absolute atomic E-state index is 3.49. The molecule has 0 bridgehead atoms. The summed E-state index contributed by atoms with van der Waals surface area (Å²) in [6, 6.07) is 0. The second kappa shape index (κ2) is 13.9. The molecule has 0 aliphatic carbocycles. The fourth-order valence-electron chi connectivity index (χ4n) is 3.14. The van der Waals surface area contributed by atoms with E-state index in [4.69, 9.17) is 0 Å². The molecular formula is C18H38N2. The monoisotopic (exact) mass is 282 g/mol. The summed E-state index contributed by atoms with van der Waals surface area (Å²) in [6.45, 7) is 8.69. The molecule has 1 fully saturated rings. The van der Waals surface area contributed by atoms with Crippen LogP contribution in [0.1, 0.15) is 84.0 Å². The Hall–Kier alpha value is -0.0800. The van der Waals surface area contributed by atoms with Crippen LogP contribution in [0.2, 0.25) is 0 Å². The molecule has 0 spiro atoms. The van der Waals surface area contributed by atoms with Crippen molar-refractivity contribution in [3.05, 3.63) is 0 Å². The number of hydrogen-bond donors (Lipinski definition) is 1. The number of unbranched alkanes of at least 4 members (excludes halogenated alkanes) is 9. The molecule has 0 aromatic rings. The van der Waals surface area contributed by atoms with Crippen LogP contribution in [0.4, 0.5) is 0 Å². The summed E-state index contributed by atoms with van der Waals surface area (Å²) >= 11 is 0. The van der Waals surface area contributed by atoms with Crippen LogP contribution in [0.15, 0.2) is 0 Å². The Labute approximate surface area is 127 Å². The predicted molar refractivity (Wildman–Crippen MR) is 90.4 cm³/mol. The Bertz CT molecular complexity index is 186. The largest absolute Gasteiger partial charge is 0.317 e. The summed E-state index contributed by atoms with van der Waals surface area (Å²) < 4.78 is 0. The fourth-order valence-corrected chi connectivity index (χ4v) is 3.14. The van der Waals surface area contributed by atoms with Crippen molar-refractivity contribution in [2.45, 2.75) is 84.0 Å². The van der Waals surface area contributed by atoms with E-state index in [1.807, 2.05) is 0 Å². The zero-order chi connectivity index (χ0) is 14.3. The van der Waals surface area contributed by atoms with E-state index < -0.39 is 0 Å². The molecule has 0 saturated carbocycles. The third-order valence-corrected chi connectivity index (χ3v) is 4.48. The van der Waals surface area contributed by atoms with Crippen LogP contribution in [0, 0.1) is 0 Å². The predicted octanol–water partition coefficient (Wildman–Crippen LogP) is 4.59. The van der Waals surface area contributed by atoms with E-state index in [1.54, 1.807) is 0 Å². The van der Waals surface area contributed by atoms with E-state index in [0.29, 0.717) is 0 Å². The lowest BCUT2D eigenvalue weighted by atomic mass is 10.1. The molecule has 1 N–H and O–H groups in total. The standard InChI is InChI=1S/C18H38N2/c1-2-3-4-5-6-7-8-9-10-11-16-20-17-12-14-19-15-13-18-20/h19H,2-18H2,1H3. The molecule has 0 atom stereocenters. The van der Waals surface area contributed by atoms with Crippen molar-refractivity contribution in [2.24, 2.45) is 0 Å². The van der Waals surface area contributed by atoms with Crippen LogP contribution >= 0.6 is 0 Å². The summed E-state index contributed by atoms with van der Waals surface area (Å²) in [4.78, 5) is 2.69. The Kier molecular flexibility index (Phi) is 12.5. The fraction of sp³-hybridized carbons (Fsp3) is 1.00. The highest BCUT2D eigenvalue weighted by Crippen LogP contribution is 2.11. The Morgan fingerprint density at radius 1 is 0.700 bits per heavy atom. The van der Waals surface area contributed by atoms with Gasteiger partial charge in [-0.3, -0.25) is 0 Å². The SMILES string of the molecule is CCCCCCCCCCCCN1CCCNCCC1. The highest BCUT2D eigenvalue weighted by molar-refractivity contribution is 4.64. The van der Waals surface area contributed by atoms with Crippen molar-refractivity contribution < 1.29 is 0 Å². The normalized spacial score (nSPS) is 17.9. The lowest BCUT2D eigenvalue weighted by Gasteiger charge is -2.24. The first-order valence-corrected chi connectivity index (χ1v) is 9.36. The summed E-state index contributed by atoms with van der Waals surface area (Å²) in [7, 11) is 0. The van der Waals surface area contributed by atoms with Gasteiger partial charge >= 0.3 is 0 Å². The van der Waals surface area contributed by atoms with Crippen LogP contribution in [-0.2, 0) is 0 Å². The van der Waals surface area contributed by atoms with Crippen LogP contribution in [0.25, 0.3) is 0 Å². The van der Waals surface area contributed by atoms with Crippen LogP contribution < -0.4 is 5.32 Å². The minimum Gasteiger partial charge on any atom is -0.317 e. The van der Waals surface area contributed by atoms with E-state index in [9.17, 15) is 0 Å². The summed E-state index contributed by atoms with van der Waals surface area (Å²) in [5.41, 5.74) is 0. The first-order chi connectivity index (χ1) is 9.93. The zero-order valence-corrected chi connectivity index (χ0v) is 14.0. The van der Waals surface area contributed by atoms with E-state index in [2.05, 4.69) is 17.1 Å². The molecular weight excluding hydrogens is 244 g/mol. The van der Waals surface area contributed by atoms with Crippen LogP contribution in [0.5, 0.6) is 0 Å². The van der Waals surface area contributed by atoms with E-state index >= 15 is 0 Å². The molecule has 0 amide bonds. The molecule has 0 aromatic heterocycles. The maximum Gasteiger partial charge on any atom is -0.000663 e. The minimum absolute atomic E-state index is 1.22. The van der Waals surface area contributed by atoms with Crippen molar-refractivity contribution in [2.75, 3.05) is 32.7 Å². The first kappa shape index (κ1) is 18.0. The highest BCUT2D eigenvalue weighted by atomic mass is 15.1. The van der Waals surface area contributed by atoms with Crippen molar-refractivity contribution in [3.63, 3.8) is 0 Å². The minimum atomic E-state index is 1.22. The molecule has 20 heavy (non-hydrogen) atoms. The Morgan fingerprint density at radius 2 is 1.20 bits per heavy atom. The molecule has 1 heterocycles. The number of rotatable bonds is 11. The summed E-state index contributed by atoms with van der Waals surface area (Å²) in [5.74, 6) is 0. The first-order valence-electron chi connectivity index (χ1n) is 9.36. The van der Waals surface area contributed by atoms with Gasteiger partial charge in [-0.05, 0) is 52.0 Å². The van der Waals surface area contributed by atoms with Crippen molar-refractivity contribution in [1.29, 1.82) is 0 Å². The van der Waals surface area contributed by atoms with Crippen LogP contribution in [0.3, 0.4) is 0 Å². The average Bonchev–Trinajstić information content (AvgIpc) is 2.42. The summed E-state index contributed by atoms with van der Waals surface area (Å²) in [5, 5.41) is 3.49. The van der Waals surface area contributed by atoms with Crippen LogP contribution in [-0.4, -0.2) is 37.6 Å². The molecule has 0 unspecified atom stereocenters. The van der Waals surface area contributed by atoms with Gasteiger partial charge in [-0.15, -0.1) is 0 Å². The molecule has 2 heteroatoms. The molecule has 0 radical (unpaired) electrons. The van der Waals surface area contributed by atoms with Gasteiger partial charge in [-0.2, -0.15) is 0 Å².